The van der Waals surface area contributed by atoms with Crippen LogP contribution in [0.15, 0.2) is 36.4 Å². The highest BCUT2D eigenvalue weighted by molar-refractivity contribution is 5.90. The SMILES string of the molecule is Cc1cc(CCC(=O)Nc2ccc(O)cc2)cc(C)c1O. The number of carbonyl (C=O) groups excluding carboxylic acids is 1. The van der Waals surface area contributed by atoms with E-state index in [4.69, 9.17) is 0 Å². The van der Waals surface area contributed by atoms with Crippen molar-refractivity contribution in [1.29, 1.82) is 0 Å². The molecule has 0 aliphatic rings. The first-order valence-corrected chi connectivity index (χ1v) is 6.83. The minimum absolute atomic E-state index is 0.0796. The second-order valence-corrected chi connectivity index (χ2v) is 5.17. The highest BCUT2D eigenvalue weighted by Crippen LogP contribution is 2.23. The average molecular weight is 285 g/mol. The Kier molecular flexibility index (Phi) is 4.48. The van der Waals surface area contributed by atoms with Gasteiger partial charge in [0.25, 0.3) is 0 Å². The summed E-state index contributed by atoms with van der Waals surface area (Å²) < 4.78 is 0. The maximum atomic E-state index is 11.9. The Morgan fingerprint density at radius 3 is 2.19 bits per heavy atom. The molecule has 0 spiro atoms. The number of anilines is 1. The first-order chi connectivity index (χ1) is 9.95. The van der Waals surface area contributed by atoms with Crippen LogP contribution in [0.4, 0.5) is 5.69 Å². The topological polar surface area (TPSA) is 69.6 Å². The highest BCUT2D eigenvalue weighted by Gasteiger charge is 2.07. The number of phenolic OH excluding ortho intramolecular Hbond substituents is 2. The molecule has 4 heteroatoms. The zero-order chi connectivity index (χ0) is 15.4. The van der Waals surface area contributed by atoms with Gasteiger partial charge in [0.15, 0.2) is 0 Å². The van der Waals surface area contributed by atoms with E-state index in [1.54, 1.807) is 12.1 Å². The molecule has 110 valence electrons. The summed E-state index contributed by atoms with van der Waals surface area (Å²) in [6.07, 6.45) is 0.983. The van der Waals surface area contributed by atoms with Gasteiger partial charge in [0.1, 0.15) is 11.5 Å². The molecular weight excluding hydrogens is 266 g/mol. The molecule has 0 saturated heterocycles. The monoisotopic (exact) mass is 285 g/mol. The summed E-state index contributed by atoms with van der Waals surface area (Å²) in [6.45, 7) is 3.70. The number of nitrogens with one attached hydrogen (secondary N) is 1. The lowest BCUT2D eigenvalue weighted by molar-refractivity contribution is -0.116. The zero-order valence-corrected chi connectivity index (χ0v) is 12.2. The molecule has 4 nitrogen and oxygen atoms in total. The number of amides is 1. The molecule has 0 aliphatic carbocycles. The van der Waals surface area contributed by atoms with Crippen LogP contribution in [0.2, 0.25) is 0 Å². The van der Waals surface area contributed by atoms with Crippen LogP contribution in [0.1, 0.15) is 23.1 Å². The third-order valence-corrected chi connectivity index (χ3v) is 3.34. The number of hydrogen-bond acceptors (Lipinski definition) is 3. The van der Waals surface area contributed by atoms with Crippen molar-refractivity contribution in [3.63, 3.8) is 0 Å². The molecular formula is C17H19NO3. The lowest BCUT2D eigenvalue weighted by Gasteiger charge is -2.08. The highest BCUT2D eigenvalue weighted by atomic mass is 16.3. The summed E-state index contributed by atoms with van der Waals surface area (Å²) in [5.74, 6) is 0.402. The molecule has 21 heavy (non-hydrogen) atoms. The van der Waals surface area contributed by atoms with Crippen LogP contribution in [0.5, 0.6) is 11.5 Å². The van der Waals surface area contributed by atoms with E-state index in [0.29, 0.717) is 24.3 Å². The van der Waals surface area contributed by atoms with E-state index in [-0.39, 0.29) is 11.7 Å². The number of carbonyl (C=O) groups is 1. The Labute approximate surface area is 124 Å². The molecule has 2 aromatic carbocycles. The Morgan fingerprint density at radius 1 is 1.05 bits per heavy atom. The Hall–Kier alpha value is -2.49. The van der Waals surface area contributed by atoms with Crippen molar-refractivity contribution >= 4 is 11.6 Å². The number of hydrogen-bond donors (Lipinski definition) is 3. The van der Waals surface area contributed by atoms with Gasteiger partial charge in [0.05, 0.1) is 0 Å². The van der Waals surface area contributed by atoms with Crippen molar-refractivity contribution in [2.24, 2.45) is 0 Å². The summed E-state index contributed by atoms with van der Waals surface area (Å²) in [5, 5.41) is 21.7. The van der Waals surface area contributed by atoms with Crippen LogP contribution in [0.3, 0.4) is 0 Å². The van der Waals surface area contributed by atoms with Crippen LogP contribution in [0, 0.1) is 13.8 Å². The van der Waals surface area contributed by atoms with Crippen molar-refractivity contribution in [2.45, 2.75) is 26.7 Å². The number of rotatable bonds is 4. The minimum atomic E-state index is -0.0796. The van der Waals surface area contributed by atoms with Crippen molar-refractivity contribution in [3.05, 3.63) is 53.1 Å². The summed E-state index contributed by atoms with van der Waals surface area (Å²) in [7, 11) is 0. The van der Waals surface area contributed by atoms with Crippen molar-refractivity contribution in [1.82, 2.24) is 0 Å². The van der Waals surface area contributed by atoms with Gasteiger partial charge in [-0.1, -0.05) is 12.1 Å². The van der Waals surface area contributed by atoms with Gasteiger partial charge in [0, 0.05) is 12.1 Å². The van der Waals surface area contributed by atoms with Crippen LogP contribution in [0.25, 0.3) is 0 Å². The predicted molar refractivity (Wildman–Crippen MR) is 82.6 cm³/mol. The molecule has 0 aromatic heterocycles. The number of aryl methyl sites for hydroxylation is 3. The number of benzene rings is 2. The average Bonchev–Trinajstić information content (AvgIpc) is 2.45. The smallest absolute Gasteiger partial charge is 0.224 e. The summed E-state index contributed by atoms with van der Waals surface area (Å²) in [6, 6.07) is 10.2. The maximum Gasteiger partial charge on any atom is 0.224 e. The standard InChI is InChI=1S/C17H19NO3/c1-11-9-13(10-12(2)17(11)21)3-8-16(20)18-14-4-6-15(19)7-5-14/h4-7,9-10,19,21H,3,8H2,1-2H3,(H,18,20). The van der Waals surface area contributed by atoms with Gasteiger partial charge in [-0.05, 0) is 61.2 Å². The molecule has 2 rings (SSSR count). The maximum absolute atomic E-state index is 11.9. The third-order valence-electron chi connectivity index (χ3n) is 3.34. The van der Waals surface area contributed by atoms with Gasteiger partial charge < -0.3 is 15.5 Å². The summed E-state index contributed by atoms with van der Waals surface area (Å²) in [4.78, 5) is 11.9. The van der Waals surface area contributed by atoms with Crippen molar-refractivity contribution < 1.29 is 15.0 Å². The molecule has 3 N–H and O–H groups in total. The molecule has 1 amide bonds. The lowest BCUT2D eigenvalue weighted by atomic mass is 10.0. The second-order valence-electron chi connectivity index (χ2n) is 5.17. The Bertz CT molecular complexity index is 625. The van der Waals surface area contributed by atoms with Gasteiger partial charge in [-0.3, -0.25) is 4.79 Å². The van der Waals surface area contributed by atoms with Gasteiger partial charge in [-0.25, -0.2) is 0 Å². The molecule has 0 heterocycles. The molecule has 0 atom stereocenters. The van der Waals surface area contributed by atoms with Crippen molar-refractivity contribution in [3.8, 4) is 11.5 Å². The fourth-order valence-corrected chi connectivity index (χ4v) is 2.22. The molecule has 0 unspecified atom stereocenters. The zero-order valence-electron chi connectivity index (χ0n) is 12.2. The molecule has 0 saturated carbocycles. The van der Waals surface area contributed by atoms with E-state index in [1.165, 1.54) is 12.1 Å². The number of aromatic hydroxyl groups is 2. The normalized spacial score (nSPS) is 10.4. The van der Waals surface area contributed by atoms with Gasteiger partial charge in [-0.15, -0.1) is 0 Å². The molecule has 0 aliphatic heterocycles. The fraction of sp³-hybridized carbons (Fsp3) is 0.235. The van der Waals surface area contributed by atoms with Gasteiger partial charge in [-0.2, -0.15) is 0 Å². The van der Waals surface area contributed by atoms with Crippen molar-refractivity contribution in [2.75, 3.05) is 5.32 Å². The van der Waals surface area contributed by atoms with E-state index in [2.05, 4.69) is 5.32 Å². The third kappa shape index (κ3) is 3.99. The molecule has 0 fully saturated rings. The largest absolute Gasteiger partial charge is 0.508 e. The van der Waals surface area contributed by atoms with Gasteiger partial charge >= 0.3 is 0 Å². The van der Waals surface area contributed by atoms with E-state index in [9.17, 15) is 15.0 Å². The number of phenols is 2. The summed E-state index contributed by atoms with van der Waals surface area (Å²) >= 11 is 0. The Morgan fingerprint density at radius 2 is 1.62 bits per heavy atom. The molecule has 2 aromatic rings. The van der Waals surface area contributed by atoms with Gasteiger partial charge in [0.2, 0.25) is 5.91 Å². The minimum Gasteiger partial charge on any atom is -0.508 e. The van der Waals surface area contributed by atoms with E-state index >= 15 is 0 Å². The molecule has 0 radical (unpaired) electrons. The van der Waals surface area contributed by atoms with Crippen LogP contribution < -0.4 is 5.32 Å². The first kappa shape index (κ1) is 14.9. The van der Waals surface area contributed by atoms with E-state index in [0.717, 1.165) is 16.7 Å². The van der Waals surface area contributed by atoms with Crippen LogP contribution >= 0.6 is 0 Å². The lowest BCUT2D eigenvalue weighted by Crippen LogP contribution is -2.12. The first-order valence-electron chi connectivity index (χ1n) is 6.83. The van der Waals surface area contributed by atoms with Crippen LogP contribution in [-0.2, 0) is 11.2 Å². The fourth-order valence-electron chi connectivity index (χ4n) is 2.22. The van der Waals surface area contributed by atoms with Crippen LogP contribution in [-0.4, -0.2) is 16.1 Å². The van der Waals surface area contributed by atoms with E-state index < -0.39 is 0 Å². The Balaban J connectivity index is 1.93. The molecule has 0 bridgehead atoms. The summed E-state index contributed by atoms with van der Waals surface area (Å²) in [5.41, 5.74) is 3.34. The predicted octanol–water partition coefficient (Wildman–Crippen LogP) is 3.29. The quantitative estimate of drug-likeness (QED) is 0.755. The second kappa shape index (κ2) is 6.31. The van der Waals surface area contributed by atoms with E-state index in [1.807, 2.05) is 26.0 Å².